The van der Waals surface area contributed by atoms with Gasteiger partial charge in [-0.25, -0.2) is 13.2 Å². The molecular weight excluding hydrogens is 328 g/mol. The van der Waals surface area contributed by atoms with E-state index in [4.69, 9.17) is 23.1 Å². The summed E-state index contributed by atoms with van der Waals surface area (Å²) in [5, 5.41) is 8.82. The molecule has 0 radical (unpaired) electrons. The van der Waals surface area contributed by atoms with Crippen LogP contribution in [0.2, 0.25) is 5.02 Å². The van der Waals surface area contributed by atoms with E-state index in [0.29, 0.717) is 32.7 Å². The average molecular weight is 343 g/mol. The summed E-state index contributed by atoms with van der Waals surface area (Å²) in [6.45, 7) is 2.28. The highest BCUT2D eigenvalue weighted by Crippen LogP contribution is 2.24. The molecule has 1 fully saturated rings. The molecule has 1 aliphatic rings. The molecule has 1 aromatic carbocycles. The quantitative estimate of drug-likeness (QED) is 0.825. The highest BCUT2D eigenvalue weighted by molar-refractivity contribution is 7.89. The third-order valence-electron chi connectivity index (χ3n) is 3.45. The van der Waals surface area contributed by atoms with Crippen LogP contribution in [0.3, 0.4) is 0 Å². The van der Waals surface area contributed by atoms with Gasteiger partial charge in [-0.1, -0.05) is 17.5 Å². The first kappa shape index (κ1) is 16.8. The van der Waals surface area contributed by atoms with Crippen LogP contribution in [0.1, 0.15) is 10.4 Å². The Morgan fingerprint density at radius 2 is 1.95 bits per heavy atom. The molecule has 0 aromatic heterocycles. The van der Waals surface area contributed by atoms with Gasteiger partial charge in [-0.3, -0.25) is 4.90 Å². The van der Waals surface area contributed by atoms with Crippen LogP contribution in [0, 0.1) is 12.3 Å². The van der Waals surface area contributed by atoms with Crippen molar-refractivity contribution in [1.29, 1.82) is 0 Å². The van der Waals surface area contributed by atoms with E-state index in [9.17, 15) is 13.2 Å². The summed E-state index contributed by atoms with van der Waals surface area (Å²) in [6.07, 6.45) is 5.24. The Labute approximate surface area is 134 Å². The third-order valence-corrected chi connectivity index (χ3v) is 5.66. The molecule has 0 unspecified atom stereocenters. The lowest BCUT2D eigenvalue weighted by atomic mass is 10.2. The van der Waals surface area contributed by atoms with Gasteiger partial charge in [0.15, 0.2) is 0 Å². The standard InChI is InChI=1S/C14H15ClN2O4S/c1-2-5-16-6-8-17(9-7-16)22(20,21)11-3-4-12(14(18)19)13(15)10-11/h1,3-4,10H,5-9H2,(H,18,19). The number of aromatic carboxylic acids is 1. The zero-order chi connectivity index (χ0) is 16.3. The number of carboxylic acids is 1. The monoisotopic (exact) mass is 342 g/mol. The second kappa shape index (κ2) is 6.67. The van der Waals surface area contributed by atoms with Gasteiger partial charge in [-0.05, 0) is 18.2 Å². The number of carbonyl (C=O) groups is 1. The Morgan fingerprint density at radius 1 is 1.32 bits per heavy atom. The molecule has 1 saturated heterocycles. The zero-order valence-corrected chi connectivity index (χ0v) is 13.3. The van der Waals surface area contributed by atoms with E-state index < -0.39 is 16.0 Å². The van der Waals surface area contributed by atoms with Gasteiger partial charge in [0.05, 0.1) is 22.0 Å². The van der Waals surface area contributed by atoms with Gasteiger partial charge in [0.25, 0.3) is 0 Å². The van der Waals surface area contributed by atoms with Crippen molar-refractivity contribution < 1.29 is 18.3 Å². The number of hydrogen-bond donors (Lipinski definition) is 1. The summed E-state index contributed by atoms with van der Waals surface area (Å²) in [5.41, 5.74) is -0.126. The highest BCUT2D eigenvalue weighted by Gasteiger charge is 2.29. The molecule has 0 spiro atoms. The van der Waals surface area contributed by atoms with Gasteiger partial charge in [0.1, 0.15) is 0 Å². The minimum atomic E-state index is -3.69. The maximum atomic E-state index is 12.5. The summed E-state index contributed by atoms with van der Waals surface area (Å²) < 4.78 is 26.4. The summed E-state index contributed by atoms with van der Waals surface area (Å²) in [6, 6.07) is 3.64. The fourth-order valence-corrected chi connectivity index (χ4v) is 4.01. The van der Waals surface area contributed by atoms with Crippen molar-refractivity contribution in [2.45, 2.75) is 4.90 Å². The molecule has 0 bridgehead atoms. The van der Waals surface area contributed by atoms with Crippen LogP contribution in [0.25, 0.3) is 0 Å². The third kappa shape index (κ3) is 3.42. The molecule has 0 atom stereocenters. The van der Waals surface area contributed by atoms with Crippen LogP contribution in [-0.2, 0) is 10.0 Å². The Morgan fingerprint density at radius 3 is 2.45 bits per heavy atom. The van der Waals surface area contributed by atoms with Gasteiger partial charge in [-0.2, -0.15) is 4.31 Å². The molecule has 1 aromatic rings. The van der Waals surface area contributed by atoms with Crippen LogP contribution in [0.5, 0.6) is 0 Å². The fourth-order valence-electron chi connectivity index (χ4n) is 2.24. The van der Waals surface area contributed by atoms with E-state index in [2.05, 4.69) is 5.92 Å². The molecule has 2 rings (SSSR count). The largest absolute Gasteiger partial charge is 0.478 e. The lowest BCUT2D eigenvalue weighted by Gasteiger charge is -2.32. The van der Waals surface area contributed by atoms with Gasteiger partial charge >= 0.3 is 5.97 Å². The first-order valence-corrected chi connectivity index (χ1v) is 8.37. The number of hydrogen-bond acceptors (Lipinski definition) is 4. The van der Waals surface area contributed by atoms with Gasteiger partial charge in [0.2, 0.25) is 10.0 Å². The van der Waals surface area contributed by atoms with E-state index in [1.54, 1.807) is 0 Å². The number of piperazine rings is 1. The van der Waals surface area contributed by atoms with Crippen LogP contribution >= 0.6 is 11.6 Å². The Kier molecular flexibility index (Phi) is 5.08. The maximum absolute atomic E-state index is 12.5. The van der Waals surface area contributed by atoms with Crippen molar-refractivity contribution in [3.63, 3.8) is 0 Å². The molecule has 118 valence electrons. The minimum Gasteiger partial charge on any atom is -0.478 e. The molecule has 8 heteroatoms. The Hall–Kier alpha value is -1.59. The second-order valence-corrected chi connectivity index (χ2v) is 7.18. The Balaban J connectivity index is 2.20. The summed E-state index contributed by atoms with van der Waals surface area (Å²) in [4.78, 5) is 12.9. The molecule has 6 nitrogen and oxygen atoms in total. The van der Waals surface area contributed by atoms with E-state index in [1.807, 2.05) is 4.90 Å². The average Bonchev–Trinajstić information content (AvgIpc) is 2.47. The fraction of sp³-hybridized carbons (Fsp3) is 0.357. The van der Waals surface area contributed by atoms with Crippen molar-refractivity contribution in [3.8, 4) is 12.3 Å². The molecule has 22 heavy (non-hydrogen) atoms. The molecular formula is C14H15ClN2O4S. The smallest absolute Gasteiger partial charge is 0.337 e. The summed E-state index contributed by atoms with van der Waals surface area (Å²) in [5.74, 6) is 1.33. The SMILES string of the molecule is C#CCN1CCN(S(=O)(=O)c2ccc(C(=O)O)c(Cl)c2)CC1. The molecule has 0 aliphatic carbocycles. The van der Waals surface area contributed by atoms with Gasteiger partial charge in [0, 0.05) is 26.2 Å². The predicted molar refractivity (Wildman–Crippen MR) is 82.4 cm³/mol. The molecule has 0 saturated carbocycles. The number of terminal acetylenes is 1. The molecule has 1 aliphatic heterocycles. The number of benzene rings is 1. The van der Waals surface area contributed by atoms with Crippen molar-refractivity contribution in [2.75, 3.05) is 32.7 Å². The van der Waals surface area contributed by atoms with Crippen LogP contribution < -0.4 is 0 Å². The highest BCUT2D eigenvalue weighted by atomic mass is 35.5. The maximum Gasteiger partial charge on any atom is 0.337 e. The molecule has 0 amide bonds. The normalized spacial score (nSPS) is 17.1. The number of rotatable bonds is 4. The van der Waals surface area contributed by atoms with Crippen molar-refractivity contribution >= 4 is 27.6 Å². The van der Waals surface area contributed by atoms with Crippen LogP contribution in [0.4, 0.5) is 0 Å². The predicted octanol–water partition coefficient (Wildman–Crippen LogP) is 0.978. The second-order valence-electron chi connectivity index (χ2n) is 4.83. The number of carboxylic acid groups (broad SMARTS) is 1. The van der Waals surface area contributed by atoms with E-state index in [1.165, 1.54) is 22.5 Å². The summed E-state index contributed by atoms with van der Waals surface area (Å²) >= 11 is 5.84. The lowest BCUT2D eigenvalue weighted by molar-refractivity contribution is 0.0697. The van der Waals surface area contributed by atoms with Crippen molar-refractivity contribution in [1.82, 2.24) is 9.21 Å². The lowest BCUT2D eigenvalue weighted by Crippen LogP contribution is -2.48. The van der Waals surface area contributed by atoms with E-state index >= 15 is 0 Å². The van der Waals surface area contributed by atoms with Gasteiger partial charge in [-0.15, -0.1) is 6.42 Å². The van der Waals surface area contributed by atoms with Crippen LogP contribution in [-0.4, -0.2) is 61.4 Å². The zero-order valence-electron chi connectivity index (χ0n) is 11.7. The number of sulfonamides is 1. The number of nitrogens with zero attached hydrogens (tertiary/aromatic N) is 2. The molecule has 1 heterocycles. The Bertz CT molecular complexity index is 719. The first-order chi connectivity index (χ1) is 10.4. The minimum absolute atomic E-state index is 0.00657. The van der Waals surface area contributed by atoms with E-state index in [-0.39, 0.29) is 15.5 Å². The topological polar surface area (TPSA) is 77.9 Å². The number of halogens is 1. The molecule has 1 N–H and O–H groups in total. The van der Waals surface area contributed by atoms with Crippen molar-refractivity contribution in [2.24, 2.45) is 0 Å². The van der Waals surface area contributed by atoms with Gasteiger partial charge < -0.3 is 5.11 Å². The first-order valence-electron chi connectivity index (χ1n) is 6.55. The van der Waals surface area contributed by atoms with E-state index in [0.717, 1.165) is 0 Å². The summed E-state index contributed by atoms with van der Waals surface area (Å²) in [7, 11) is -3.69. The van der Waals surface area contributed by atoms with Crippen molar-refractivity contribution in [3.05, 3.63) is 28.8 Å². The van der Waals surface area contributed by atoms with Crippen LogP contribution in [0.15, 0.2) is 23.1 Å².